The van der Waals surface area contributed by atoms with E-state index < -0.39 is 4.92 Å². The number of hydrogen-bond acceptors (Lipinski definition) is 6. The Labute approximate surface area is 186 Å². The van der Waals surface area contributed by atoms with Gasteiger partial charge in [0.15, 0.2) is 5.11 Å². The number of nitro benzene ring substituents is 1. The van der Waals surface area contributed by atoms with Crippen LogP contribution in [0.15, 0.2) is 48.5 Å². The number of hydrogen-bond donors (Lipinski definition) is 2. The Hall–Kier alpha value is -3.33. The molecule has 164 valence electrons. The van der Waals surface area contributed by atoms with Gasteiger partial charge in [0.2, 0.25) is 5.91 Å². The minimum absolute atomic E-state index is 0.0390. The van der Waals surface area contributed by atoms with E-state index >= 15 is 0 Å². The zero-order chi connectivity index (χ0) is 22.6. The summed E-state index contributed by atoms with van der Waals surface area (Å²) in [5.74, 6) is -0.689. The zero-order valence-corrected chi connectivity index (χ0v) is 18.1. The van der Waals surface area contributed by atoms with Crippen molar-refractivity contribution in [1.82, 2.24) is 5.32 Å². The number of thiocarbonyl (C=S) groups is 1. The fourth-order valence-electron chi connectivity index (χ4n) is 2.77. The minimum Gasteiger partial charge on any atom is -0.466 e. The monoisotopic (exact) mass is 443 g/mol. The maximum absolute atomic E-state index is 12.0. The van der Waals surface area contributed by atoms with Crippen LogP contribution in [0, 0.1) is 17.0 Å². The normalized spacial score (nSPS) is 10.2. The lowest BCUT2D eigenvalue weighted by atomic mass is 10.1. The van der Waals surface area contributed by atoms with Crippen molar-refractivity contribution in [2.75, 3.05) is 11.9 Å². The number of non-ortho nitro benzene ring substituents is 1. The van der Waals surface area contributed by atoms with Crippen molar-refractivity contribution < 1.29 is 19.2 Å². The predicted octanol–water partition coefficient (Wildman–Crippen LogP) is 4.06. The largest absolute Gasteiger partial charge is 0.466 e. The SMILES string of the molecule is Cc1ccc([N+](=O)[O-])cc1NC(=S)NC(=O)CCCC(=O)OCCCc1ccccc1. The molecule has 0 saturated heterocycles. The molecule has 0 radical (unpaired) electrons. The molecule has 0 unspecified atom stereocenters. The highest BCUT2D eigenvalue weighted by Gasteiger charge is 2.12. The summed E-state index contributed by atoms with van der Waals surface area (Å²) in [4.78, 5) is 34.2. The molecule has 0 aromatic heterocycles. The van der Waals surface area contributed by atoms with Gasteiger partial charge in [0.05, 0.1) is 11.5 Å². The summed E-state index contributed by atoms with van der Waals surface area (Å²) in [6.07, 6.45) is 2.16. The Morgan fingerprint density at radius 2 is 1.84 bits per heavy atom. The second kappa shape index (κ2) is 12.4. The number of rotatable bonds is 10. The van der Waals surface area contributed by atoms with Crippen LogP contribution >= 0.6 is 12.2 Å². The van der Waals surface area contributed by atoms with Crippen LogP contribution in [-0.4, -0.2) is 28.5 Å². The third kappa shape index (κ3) is 8.91. The molecule has 31 heavy (non-hydrogen) atoms. The maximum atomic E-state index is 12.0. The molecular formula is C22H25N3O5S. The average molecular weight is 444 g/mol. The Bertz CT molecular complexity index is 934. The Morgan fingerprint density at radius 3 is 2.55 bits per heavy atom. The number of benzene rings is 2. The number of nitrogens with one attached hydrogen (secondary N) is 2. The van der Waals surface area contributed by atoms with Crippen molar-refractivity contribution in [3.63, 3.8) is 0 Å². The molecule has 0 bridgehead atoms. The van der Waals surface area contributed by atoms with Gasteiger partial charge in [0, 0.05) is 30.7 Å². The maximum Gasteiger partial charge on any atom is 0.305 e. The Kier molecular flexibility index (Phi) is 9.57. The second-order valence-corrected chi connectivity index (χ2v) is 7.33. The summed E-state index contributed by atoms with van der Waals surface area (Å²) in [5, 5.41) is 16.2. The first-order valence-corrected chi connectivity index (χ1v) is 10.3. The predicted molar refractivity (Wildman–Crippen MR) is 122 cm³/mol. The van der Waals surface area contributed by atoms with Crippen LogP contribution in [0.4, 0.5) is 11.4 Å². The number of carbonyl (C=O) groups excluding carboxylic acids is 2. The molecule has 0 heterocycles. The third-order valence-electron chi connectivity index (χ3n) is 4.43. The van der Waals surface area contributed by atoms with Crippen LogP contribution in [0.3, 0.4) is 0 Å². The van der Waals surface area contributed by atoms with Gasteiger partial charge in [-0.1, -0.05) is 36.4 Å². The fraction of sp³-hybridized carbons (Fsp3) is 0.318. The first-order chi connectivity index (χ1) is 14.8. The second-order valence-electron chi connectivity index (χ2n) is 6.92. The van der Waals surface area contributed by atoms with E-state index in [0.29, 0.717) is 18.7 Å². The lowest BCUT2D eigenvalue weighted by Crippen LogP contribution is -2.34. The van der Waals surface area contributed by atoms with Crippen LogP contribution in [0.5, 0.6) is 0 Å². The van der Waals surface area contributed by atoms with Gasteiger partial charge in [-0.2, -0.15) is 0 Å². The van der Waals surface area contributed by atoms with Crippen LogP contribution in [-0.2, 0) is 20.7 Å². The lowest BCUT2D eigenvalue weighted by molar-refractivity contribution is -0.384. The number of aryl methyl sites for hydroxylation is 2. The van der Waals surface area contributed by atoms with Crippen LogP contribution in [0.1, 0.15) is 36.8 Å². The van der Waals surface area contributed by atoms with Crippen molar-refractivity contribution in [2.45, 2.75) is 39.0 Å². The van der Waals surface area contributed by atoms with E-state index in [1.54, 1.807) is 13.0 Å². The molecule has 2 aromatic carbocycles. The third-order valence-corrected chi connectivity index (χ3v) is 4.64. The molecule has 0 aliphatic carbocycles. The van der Waals surface area contributed by atoms with E-state index in [9.17, 15) is 19.7 Å². The highest BCUT2D eigenvalue weighted by atomic mass is 32.1. The van der Waals surface area contributed by atoms with Gasteiger partial charge < -0.3 is 15.4 Å². The number of nitrogens with zero attached hydrogens (tertiary/aromatic N) is 1. The first kappa shape index (κ1) is 23.9. The summed E-state index contributed by atoms with van der Waals surface area (Å²) < 4.78 is 5.19. The molecule has 2 aromatic rings. The van der Waals surface area contributed by atoms with Gasteiger partial charge in [0.1, 0.15) is 0 Å². The molecule has 0 aliphatic rings. The summed E-state index contributed by atoms with van der Waals surface area (Å²) >= 11 is 5.09. The van der Waals surface area contributed by atoms with E-state index in [4.69, 9.17) is 17.0 Å². The number of anilines is 1. The van der Waals surface area contributed by atoms with Crippen molar-refractivity contribution >= 4 is 40.6 Å². The molecule has 1 amide bonds. The smallest absolute Gasteiger partial charge is 0.305 e. The first-order valence-electron chi connectivity index (χ1n) is 9.90. The summed E-state index contributed by atoms with van der Waals surface area (Å²) in [5.41, 5.74) is 2.31. The van der Waals surface area contributed by atoms with E-state index in [1.807, 2.05) is 30.3 Å². The molecule has 0 spiro atoms. The summed E-state index contributed by atoms with van der Waals surface area (Å²) in [7, 11) is 0. The van der Waals surface area contributed by atoms with Crippen molar-refractivity contribution in [2.24, 2.45) is 0 Å². The number of nitro groups is 1. The highest BCUT2D eigenvalue weighted by Crippen LogP contribution is 2.21. The van der Waals surface area contributed by atoms with E-state index in [2.05, 4.69) is 10.6 Å². The van der Waals surface area contributed by atoms with Crippen LogP contribution in [0.25, 0.3) is 0 Å². The lowest BCUT2D eigenvalue weighted by Gasteiger charge is -2.11. The van der Waals surface area contributed by atoms with Crippen molar-refractivity contribution in [1.29, 1.82) is 0 Å². The molecule has 9 heteroatoms. The quantitative estimate of drug-likeness (QED) is 0.187. The molecular weight excluding hydrogens is 418 g/mol. The number of ether oxygens (including phenoxy) is 1. The van der Waals surface area contributed by atoms with Gasteiger partial charge in [-0.3, -0.25) is 19.7 Å². The average Bonchev–Trinajstić information content (AvgIpc) is 2.73. The van der Waals surface area contributed by atoms with Crippen molar-refractivity contribution in [3.8, 4) is 0 Å². The van der Waals surface area contributed by atoms with Gasteiger partial charge in [-0.05, 0) is 49.5 Å². The fourth-order valence-corrected chi connectivity index (χ4v) is 3.00. The zero-order valence-electron chi connectivity index (χ0n) is 17.3. The molecule has 0 atom stereocenters. The van der Waals surface area contributed by atoms with Gasteiger partial charge in [0.25, 0.3) is 5.69 Å². The number of amides is 1. The highest BCUT2D eigenvalue weighted by molar-refractivity contribution is 7.80. The molecule has 2 rings (SSSR count). The molecule has 0 saturated carbocycles. The van der Waals surface area contributed by atoms with E-state index in [1.165, 1.54) is 17.7 Å². The van der Waals surface area contributed by atoms with Gasteiger partial charge in [-0.15, -0.1) is 0 Å². The summed E-state index contributed by atoms with van der Waals surface area (Å²) in [6.45, 7) is 2.11. The molecule has 8 nitrogen and oxygen atoms in total. The molecule has 2 N–H and O–H groups in total. The Morgan fingerprint density at radius 1 is 1.10 bits per heavy atom. The van der Waals surface area contributed by atoms with E-state index in [-0.39, 0.29) is 35.5 Å². The standard InChI is InChI=1S/C22H25N3O5S/c1-16-12-13-18(25(28)29)15-19(16)23-22(31)24-20(26)10-5-11-21(27)30-14-6-9-17-7-3-2-4-8-17/h2-4,7-8,12-13,15H,5-6,9-11,14H2,1H3,(H2,23,24,26,31). The van der Waals surface area contributed by atoms with E-state index in [0.717, 1.165) is 18.4 Å². The number of esters is 1. The minimum atomic E-state index is -0.507. The molecule has 0 fully saturated rings. The number of carbonyl (C=O) groups is 2. The van der Waals surface area contributed by atoms with Crippen molar-refractivity contribution in [3.05, 3.63) is 69.8 Å². The van der Waals surface area contributed by atoms with Crippen LogP contribution < -0.4 is 10.6 Å². The Balaban J connectivity index is 1.63. The summed E-state index contributed by atoms with van der Waals surface area (Å²) in [6, 6.07) is 14.3. The van der Waals surface area contributed by atoms with Gasteiger partial charge in [-0.25, -0.2) is 0 Å². The topological polar surface area (TPSA) is 111 Å². The van der Waals surface area contributed by atoms with Crippen LogP contribution in [0.2, 0.25) is 0 Å². The van der Waals surface area contributed by atoms with Gasteiger partial charge >= 0.3 is 5.97 Å². The molecule has 0 aliphatic heterocycles.